The topological polar surface area (TPSA) is 374 Å². The maximum Gasteiger partial charge on any atom is 0.472 e. The molecule has 25 heteroatoms. The fraction of sp³-hybridized carbons (Fsp3) is 0.849. The monoisotopic (exact) mass is 1420 g/mol. The smallest absolute Gasteiger partial charge is 0.463 e. The van der Waals surface area contributed by atoms with E-state index in [2.05, 4.69) is 20.8 Å². The minimum Gasteiger partial charge on any atom is -0.463 e. The van der Waals surface area contributed by atoms with E-state index in [1.165, 1.54) is 160 Å². The molecule has 18 unspecified atom stereocenters. The highest BCUT2D eigenvalue weighted by Gasteiger charge is 2.58. The first-order valence-electron chi connectivity index (χ1n) is 37.5. The van der Waals surface area contributed by atoms with Crippen LogP contribution in [0, 0.1) is 0 Å². The summed E-state index contributed by atoms with van der Waals surface area (Å²) in [5, 5.41) is 110. The molecule has 2 heterocycles. The molecule has 0 amide bonds. The minimum absolute atomic E-state index is 0.0234. The zero-order chi connectivity index (χ0) is 71.8. The van der Waals surface area contributed by atoms with Crippen LogP contribution in [0.15, 0.2) is 48.6 Å². The van der Waals surface area contributed by atoms with E-state index in [0.29, 0.717) is 6.42 Å². The average Bonchev–Trinajstić information content (AvgIpc) is 0.763. The lowest BCUT2D eigenvalue weighted by atomic mass is 9.84. The Bertz CT molecular complexity index is 2220. The summed E-state index contributed by atoms with van der Waals surface area (Å²) in [6.07, 6.45) is 18.9. The highest BCUT2D eigenvalue weighted by Crippen LogP contribution is 2.49. The predicted molar refractivity (Wildman–Crippen MR) is 370 cm³/mol. The summed E-state index contributed by atoms with van der Waals surface area (Å²) < 4.78 is 64.5. The molecule has 0 radical (unpaired) electrons. The summed E-state index contributed by atoms with van der Waals surface area (Å²) in [6.45, 7) is 3.21. The number of allylic oxidation sites excluding steroid dienone is 6. The predicted octanol–water partition coefficient (Wildman–Crippen LogP) is 10.1. The van der Waals surface area contributed by atoms with Crippen molar-refractivity contribution >= 4 is 25.7 Å². The third-order valence-electron chi connectivity index (χ3n) is 18.3. The van der Waals surface area contributed by atoms with Crippen molar-refractivity contribution in [2.75, 3.05) is 26.4 Å². The van der Waals surface area contributed by atoms with Gasteiger partial charge in [0.2, 0.25) is 0 Å². The molecular weight excluding hydrogens is 1290 g/mol. The quantitative estimate of drug-likeness (QED) is 0.00673. The standard InChI is InChI=1S/C73H129O24P/c1-4-7-10-13-16-19-22-25-27-30-33-35-38-41-44-47-57(75)89-51-54(92-59(77)49-46-43-40-37-34-31-28-26-23-20-17-14-11-8-5-2)52-91-98(87,88)97-71-69(95-72-67(85)62(80)60(78)55(50-74)93-72)65(83)64(82)66(84)70(71)96-73-68(86)63(81)61(79)56(94-73)53-90-58(76)48-45-42-39-36-32-29-24-21-18-15-12-9-6-3/h38,40-41,43-44,46-47,49,54-56,60-74,78-86H,4-37,39,42,45,48,50-53H2,1-3H3,(H,87,88)/b41-38+,43-40+,47-44+,49-46+. The van der Waals surface area contributed by atoms with Crippen LogP contribution in [0.4, 0.5) is 0 Å². The number of aliphatic hydroxyl groups excluding tert-OH is 10. The van der Waals surface area contributed by atoms with Gasteiger partial charge in [-0.2, -0.15) is 0 Å². The molecule has 3 rings (SSSR count). The van der Waals surface area contributed by atoms with Crippen LogP contribution < -0.4 is 0 Å². The molecule has 0 aromatic rings. The van der Waals surface area contributed by atoms with E-state index in [1.54, 1.807) is 12.2 Å². The molecule has 2 aliphatic heterocycles. The number of hydrogen-bond acceptors (Lipinski definition) is 23. The van der Waals surface area contributed by atoms with Gasteiger partial charge in [-0.3, -0.25) is 13.8 Å². The van der Waals surface area contributed by atoms with Crippen molar-refractivity contribution in [3.05, 3.63) is 48.6 Å². The molecule has 3 aliphatic rings. The molecule has 3 fully saturated rings. The molecular formula is C73H129O24P. The Balaban J connectivity index is 1.78. The largest absolute Gasteiger partial charge is 0.472 e. The third kappa shape index (κ3) is 37.4. The van der Waals surface area contributed by atoms with Gasteiger partial charge < -0.3 is 89.1 Å². The van der Waals surface area contributed by atoms with Crippen molar-refractivity contribution in [1.29, 1.82) is 0 Å². The number of carbonyl (C=O) groups is 3. The van der Waals surface area contributed by atoms with Gasteiger partial charge >= 0.3 is 25.7 Å². The molecule has 1 saturated carbocycles. The van der Waals surface area contributed by atoms with Crippen LogP contribution in [0.3, 0.4) is 0 Å². The summed E-state index contributed by atoms with van der Waals surface area (Å²) in [6, 6.07) is 0. The summed E-state index contributed by atoms with van der Waals surface area (Å²) in [5.41, 5.74) is 0. The van der Waals surface area contributed by atoms with Crippen LogP contribution in [-0.2, 0) is 61.2 Å². The molecule has 24 nitrogen and oxygen atoms in total. The molecule has 1 aliphatic carbocycles. The molecule has 0 aromatic carbocycles. The van der Waals surface area contributed by atoms with Gasteiger partial charge in [-0.05, 0) is 32.1 Å². The fourth-order valence-corrected chi connectivity index (χ4v) is 13.1. The van der Waals surface area contributed by atoms with Crippen LogP contribution in [0.1, 0.15) is 265 Å². The molecule has 0 spiro atoms. The van der Waals surface area contributed by atoms with E-state index in [0.717, 1.165) is 95.6 Å². The first-order valence-corrected chi connectivity index (χ1v) is 39.0. The lowest BCUT2D eigenvalue weighted by molar-refractivity contribution is -0.360. The van der Waals surface area contributed by atoms with Crippen molar-refractivity contribution in [3.8, 4) is 0 Å². The average molecular weight is 1420 g/mol. The highest BCUT2D eigenvalue weighted by atomic mass is 31.2. The lowest BCUT2D eigenvalue weighted by Crippen LogP contribution is -2.69. The Labute approximate surface area is 584 Å². The maximum absolute atomic E-state index is 14.3. The van der Waals surface area contributed by atoms with Gasteiger partial charge in [0, 0.05) is 18.6 Å². The van der Waals surface area contributed by atoms with Crippen molar-refractivity contribution in [1.82, 2.24) is 0 Å². The number of aliphatic hydroxyl groups is 10. The molecule has 0 bridgehead atoms. The van der Waals surface area contributed by atoms with Gasteiger partial charge in [0.05, 0.1) is 13.2 Å². The minimum atomic E-state index is -5.74. The Morgan fingerprint density at radius 1 is 0.418 bits per heavy atom. The van der Waals surface area contributed by atoms with Crippen molar-refractivity contribution in [2.45, 2.75) is 369 Å². The molecule has 570 valence electrons. The van der Waals surface area contributed by atoms with Gasteiger partial charge in [-0.15, -0.1) is 0 Å². The van der Waals surface area contributed by atoms with Gasteiger partial charge in [-0.1, -0.05) is 263 Å². The molecule has 18 atom stereocenters. The molecule has 11 N–H and O–H groups in total. The van der Waals surface area contributed by atoms with Crippen LogP contribution in [0.2, 0.25) is 0 Å². The van der Waals surface area contributed by atoms with E-state index in [4.69, 9.17) is 42.2 Å². The maximum atomic E-state index is 14.3. The Kier molecular flexibility index (Phi) is 49.6. The Hall–Kier alpha value is -3.08. The second-order valence-electron chi connectivity index (χ2n) is 26.8. The van der Waals surface area contributed by atoms with E-state index in [1.807, 2.05) is 12.2 Å². The normalized spacial score (nSPS) is 27.9. The first kappa shape index (κ1) is 89.1. The summed E-state index contributed by atoms with van der Waals surface area (Å²) in [7, 11) is -5.74. The zero-order valence-corrected chi connectivity index (χ0v) is 60.2. The number of rotatable bonds is 57. The number of esters is 3. The number of carbonyl (C=O) groups excluding carboxylic acids is 3. The zero-order valence-electron chi connectivity index (χ0n) is 59.3. The van der Waals surface area contributed by atoms with Gasteiger partial charge in [0.25, 0.3) is 0 Å². The second-order valence-corrected chi connectivity index (χ2v) is 28.2. The van der Waals surface area contributed by atoms with Gasteiger partial charge in [0.1, 0.15) is 98.7 Å². The second kappa shape index (κ2) is 54.6. The first-order chi connectivity index (χ1) is 47.3. The Morgan fingerprint density at radius 2 is 0.786 bits per heavy atom. The SMILES string of the molecule is CCCCCCCCCCCCC/C=C/C=C/C(=O)OCC(COP(=O)(O)OC1C(OC2OC(CO)C(O)C(O)C2O)C(O)C(O)C(O)C1OC1OC(COC(=O)CCCCCCCCCCCCCCC)C(O)C(O)C1O)OC(=O)/C=C/C=C/CCCCCCCCCCCCC. The van der Waals surface area contributed by atoms with Crippen molar-refractivity contribution in [3.63, 3.8) is 0 Å². The highest BCUT2D eigenvalue weighted by molar-refractivity contribution is 7.47. The van der Waals surface area contributed by atoms with Gasteiger partial charge in [0.15, 0.2) is 18.7 Å². The number of ether oxygens (including phenoxy) is 7. The van der Waals surface area contributed by atoms with E-state index < -0.39 is 156 Å². The third-order valence-corrected chi connectivity index (χ3v) is 19.3. The Morgan fingerprint density at radius 3 is 1.20 bits per heavy atom. The molecule has 2 saturated heterocycles. The summed E-state index contributed by atoms with van der Waals surface area (Å²) >= 11 is 0. The number of phosphoric ester groups is 1. The van der Waals surface area contributed by atoms with Crippen molar-refractivity contribution in [2.24, 2.45) is 0 Å². The van der Waals surface area contributed by atoms with Crippen LogP contribution in [0.25, 0.3) is 0 Å². The summed E-state index contributed by atoms with van der Waals surface area (Å²) in [5.74, 6) is -2.50. The van der Waals surface area contributed by atoms with Crippen LogP contribution >= 0.6 is 7.82 Å². The fourth-order valence-electron chi connectivity index (χ4n) is 12.2. The van der Waals surface area contributed by atoms with E-state index >= 15 is 0 Å². The molecule has 98 heavy (non-hydrogen) atoms. The summed E-state index contributed by atoms with van der Waals surface area (Å²) in [4.78, 5) is 50.7. The van der Waals surface area contributed by atoms with E-state index in [9.17, 15) is 74.9 Å². The number of phosphoric acid groups is 1. The van der Waals surface area contributed by atoms with Crippen LogP contribution in [0.5, 0.6) is 0 Å². The van der Waals surface area contributed by atoms with Crippen molar-refractivity contribution < 1.29 is 117 Å². The van der Waals surface area contributed by atoms with Crippen LogP contribution in [-0.4, -0.2) is 204 Å². The van der Waals surface area contributed by atoms with Gasteiger partial charge in [-0.25, -0.2) is 14.2 Å². The molecule has 0 aromatic heterocycles. The van der Waals surface area contributed by atoms with E-state index in [-0.39, 0.29) is 6.42 Å². The number of hydrogen-bond donors (Lipinski definition) is 11. The number of unbranched alkanes of at least 4 members (excludes halogenated alkanes) is 34. The lowest BCUT2D eigenvalue weighted by Gasteiger charge is -2.49.